The summed E-state index contributed by atoms with van der Waals surface area (Å²) < 4.78 is 2.90. The number of benzene rings is 7. The maximum absolute atomic E-state index is 5.08. The van der Waals surface area contributed by atoms with Crippen molar-refractivity contribution < 1.29 is 0 Å². The Kier molecular flexibility index (Phi) is 7.51. The van der Waals surface area contributed by atoms with Crippen LogP contribution in [0.2, 0.25) is 0 Å². The number of aromatic nitrogens is 3. The second kappa shape index (κ2) is 12.6. The molecule has 0 aliphatic rings. The second-order valence-corrected chi connectivity index (χ2v) is 14.3. The third-order valence-electron chi connectivity index (χ3n) is 8.95. The molecule has 0 bridgehead atoms. The van der Waals surface area contributed by atoms with Gasteiger partial charge in [0.05, 0.1) is 0 Å². The molecule has 7 aromatic carbocycles. The molecule has 3 nitrogen and oxygen atoms in total. The van der Waals surface area contributed by atoms with Gasteiger partial charge < -0.3 is 0 Å². The van der Waals surface area contributed by atoms with E-state index >= 15 is 0 Å². The fraction of sp³-hybridized carbons (Fsp3) is 0. The zero-order valence-electron chi connectivity index (χ0n) is 26.5. The molecule has 0 saturated heterocycles. The fourth-order valence-electron chi connectivity index (χ4n) is 6.47. The summed E-state index contributed by atoms with van der Waals surface area (Å²) in [6.45, 7) is 0. The molecular formula is C45H29N3Se. The number of nitrogens with zero attached hydrogens (tertiary/aromatic N) is 3. The van der Waals surface area contributed by atoms with Crippen molar-refractivity contribution in [2.45, 2.75) is 0 Å². The van der Waals surface area contributed by atoms with Gasteiger partial charge >= 0.3 is 208 Å². The first-order valence-corrected chi connectivity index (χ1v) is 18.1. The summed E-state index contributed by atoms with van der Waals surface area (Å²) in [4.78, 5) is 15.2. The van der Waals surface area contributed by atoms with Crippen LogP contribution in [0.25, 0.3) is 86.8 Å². The summed E-state index contributed by atoms with van der Waals surface area (Å²) in [5.74, 6) is 1.94. The van der Waals surface area contributed by atoms with Gasteiger partial charge in [0.1, 0.15) is 0 Å². The molecular weight excluding hydrogens is 661 g/mol. The maximum atomic E-state index is 5.08. The Hall–Kier alpha value is -5.93. The fourth-order valence-corrected chi connectivity index (χ4v) is 9.07. The molecule has 0 aliphatic carbocycles. The molecule has 0 fully saturated rings. The van der Waals surface area contributed by atoms with Crippen molar-refractivity contribution in [3.05, 3.63) is 176 Å². The molecule has 0 unspecified atom stereocenters. The van der Waals surface area contributed by atoms with Crippen molar-refractivity contribution in [1.29, 1.82) is 0 Å². The van der Waals surface area contributed by atoms with Crippen LogP contribution in [-0.2, 0) is 0 Å². The molecule has 49 heavy (non-hydrogen) atoms. The smallest absolute Gasteiger partial charge is 0.0544 e. The summed E-state index contributed by atoms with van der Waals surface area (Å²) in [5, 5.41) is 2.73. The van der Waals surface area contributed by atoms with Gasteiger partial charge in [0.15, 0.2) is 0 Å². The standard InChI is InChI=1S/C45H29N3Se/c1-3-12-30(13-4-1)34-16-9-18-36(28-34)44-46-43(47-45(48-44)37-19-10-17-35(29-37)31-14-5-2-6-15-31)33-26-24-32(25-27-33)38-21-11-22-40-39-20-7-8-23-41(39)49-42(38)40/h1-29H. The van der Waals surface area contributed by atoms with Crippen LogP contribution in [0.5, 0.6) is 0 Å². The molecule has 0 atom stereocenters. The number of rotatable bonds is 6. The van der Waals surface area contributed by atoms with Crippen molar-refractivity contribution in [3.63, 3.8) is 0 Å². The van der Waals surface area contributed by atoms with Gasteiger partial charge in [-0.25, -0.2) is 0 Å². The van der Waals surface area contributed by atoms with Crippen LogP contribution in [0.15, 0.2) is 176 Å². The van der Waals surface area contributed by atoms with Crippen LogP contribution in [0.4, 0.5) is 0 Å². The van der Waals surface area contributed by atoms with Crippen molar-refractivity contribution in [3.8, 4) is 67.5 Å². The van der Waals surface area contributed by atoms with E-state index in [2.05, 4.69) is 164 Å². The Morgan fingerprint density at radius 2 is 0.755 bits per heavy atom. The first-order valence-electron chi connectivity index (χ1n) is 16.4. The zero-order valence-corrected chi connectivity index (χ0v) is 28.2. The van der Waals surface area contributed by atoms with Crippen LogP contribution in [-0.4, -0.2) is 29.5 Å². The summed E-state index contributed by atoms with van der Waals surface area (Å²) in [7, 11) is 0. The van der Waals surface area contributed by atoms with Crippen LogP contribution >= 0.6 is 0 Å². The van der Waals surface area contributed by atoms with Crippen LogP contribution in [0, 0.1) is 0 Å². The molecule has 0 amide bonds. The zero-order chi connectivity index (χ0) is 32.6. The minimum Gasteiger partial charge on any atom is -0.0617 e. The van der Waals surface area contributed by atoms with E-state index in [9.17, 15) is 0 Å². The molecule has 2 aromatic heterocycles. The summed E-state index contributed by atoms with van der Waals surface area (Å²) in [5.41, 5.74) is 9.90. The van der Waals surface area contributed by atoms with E-state index in [-0.39, 0.29) is 14.5 Å². The minimum atomic E-state index is 0.280. The molecule has 2 heterocycles. The normalized spacial score (nSPS) is 11.3. The Morgan fingerprint density at radius 1 is 0.306 bits per heavy atom. The predicted molar refractivity (Wildman–Crippen MR) is 204 cm³/mol. The molecule has 4 heteroatoms. The van der Waals surface area contributed by atoms with Gasteiger partial charge in [-0.2, -0.15) is 0 Å². The van der Waals surface area contributed by atoms with Gasteiger partial charge in [0, 0.05) is 0 Å². The molecule has 0 saturated carbocycles. The quantitative estimate of drug-likeness (QED) is 0.163. The summed E-state index contributed by atoms with van der Waals surface area (Å²) >= 11 is 0.280. The van der Waals surface area contributed by atoms with Crippen molar-refractivity contribution >= 4 is 33.8 Å². The van der Waals surface area contributed by atoms with E-state index in [4.69, 9.17) is 15.0 Å². The molecule has 0 aliphatic heterocycles. The van der Waals surface area contributed by atoms with Gasteiger partial charge in [0.25, 0.3) is 0 Å². The second-order valence-electron chi connectivity index (χ2n) is 12.1. The minimum absolute atomic E-state index is 0.280. The topological polar surface area (TPSA) is 38.7 Å². The molecule has 0 spiro atoms. The molecule has 0 radical (unpaired) electrons. The first-order chi connectivity index (χ1) is 24.3. The first kappa shape index (κ1) is 29.2. The third kappa shape index (κ3) is 5.68. The SMILES string of the molecule is c1ccc(-c2cccc(-c3nc(-c4ccc(-c5cccc6c5[se]c5ccccc56)cc4)nc(-c4cccc(-c5ccccc5)c4)n3)c2)cc1. The number of hydrogen-bond donors (Lipinski definition) is 0. The third-order valence-corrected chi connectivity index (χ3v) is 11.5. The average Bonchev–Trinajstić information content (AvgIpc) is 3.58. The summed E-state index contributed by atoms with van der Waals surface area (Å²) in [6.07, 6.45) is 0. The van der Waals surface area contributed by atoms with Crippen LogP contribution in [0.3, 0.4) is 0 Å². The summed E-state index contributed by atoms with van der Waals surface area (Å²) in [6, 6.07) is 61.9. The van der Waals surface area contributed by atoms with Crippen molar-refractivity contribution in [1.82, 2.24) is 15.0 Å². The van der Waals surface area contributed by atoms with Gasteiger partial charge in [-0.1, -0.05) is 72.8 Å². The Labute approximate surface area is 291 Å². The molecule has 0 N–H and O–H groups in total. The van der Waals surface area contributed by atoms with E-state index in [1.54, 1.807) is 0 Å². The largest absolute Gasteiger partial charge is 0.0617 e. The van der Waals surface area contributed by atoms with Gasteiger partial charge in [-0.15, -0.1) is 0 Å². The maximum Gasteiger partial charge on any atom is -0.0544 e. The number of hydrogen-bond acceptors (Lipinski definition) is 3. The van der Waals surface area contributed by atoms with Crippen molar-refractivity contribution in [2.75, 3.05) is 0 Å². The van der Waals surface area contributed by atoms with E-state index < -0.39 is 0 Å². The van der Waals surface area contributed by atoms with E-state index in [0.29, 0.717) is 17.5 Å². The van der Waals surface area contributed by atoms with Gasteiger partial charge in [0.2, 0.25) is 0 Å². The molecule has 9 rings (SSSR count). The van der Waals surface area contributed by atoms with E-state index in [1.807, 2.05) is 12.1 Å². The molecule has 9 aromatic rings. The van der Waals surface area contributed by atoms with E-state index in [1.165, 1.54) is 30.4 Å². The predicted octanol–water partition coefficient (Wildman–Crippen LogP) is 11.2. The monoisotopic (exact) mass is 691 g/mol. The van der Waals surface area contributed by atoms with Gasteiger partial charge in [-0.05, 0) is 11.1 Å². The average molecular weight is 691 g/mol. The number of fused-ring (bicyclic) bond motifs is 3. The van der Waals surface area contributed by atoms with E-state index in [0.717, 1.165) is 38.9 Å². The Balaban J connectivity index is 1.16. The van der Waals surface area contributed by atoms with Crippen LogP contribution < -0.4 is 0 Å². The van der Waals surface area contributed by atoms with Crippen molar-refractivity contribution in [2.24, 2.45) is 0 Å². The Bertz CT molecular complexity index is 2490. The van der Waals surface area contributed by atoms with Gasteiger partial charge in [-0.3, -0.25) is 0 Å². The molecule has 230 valence electrons. The Morgan fingerprint density at radius 3 is 1.37 bits per heavy atom. The van der Waals surface area contributed by atoms with Crippen LogP contribution in [0.1, 0.15) is 0 Å².